The van der Waals surface area contributed by atoms with Crippen LogP contribution in [0, 0.1) is 13.8 Å². The first kappa shape index (κ1) is 12.2. The van der Waals surface area contributed by atoms with Crippen LogP contribution in [0.15, 0.2) is 11.8 Å². The lowest BCUT2D eigenvalue weighted by Crippen LogP contribution is -2.18. The van der Waals surface area contributed by atoms with Crippen molar-refractivity contribution in [3.63, 3.8) is 0 Å². The van der Waals surface area contributed by atoms with E-state index in [1.165, 1.54) is 0 Å². The lowest BCUT2D eigenvalue weighted by molar-refractivity contribution is 0.168. The molecule has 2 heterocycles. The van der Waals surface area contributed by atoms with Crippen LogP contribution in [0.4, 0.5) is 0 Å². The Morgan fingerprint density at radius 3 is 2.82 bits per heavy atom. The van der Waals surface area contributed by atoms with Gasteiger partial charge in [-0.3, -0.25) is 4.68 Å². The molecule has 17 heavy (non-hydrogen) atoms. The number of aliphatic hydroxyl groups excluding tert-OH is 1. The predicted molar refractivity (Wildman–Crippen MR) is 65.7 cm³/mol. The van der Waals surface area contributed by atoms with Crippen molar-refractivity contribution in [3.05, 3.63) is 28.8 Å². The first-order chi connectivity index (χ1) is 8.09. The molecule has 0 aliphatic carbocycles. The van der Waals surface area contributed by atoms with E-state index < -0.39 is 6.10 Å². The zero-order chi connectivity index (χ0) is 12.4. The summed E-state index contributed by atoms with van der Waals surface area (Å²) in [5.41, 5.74) is 4.27. The van der Waals surface area contributed by atoms with Gasteiger partial charge in [0.2, 0.25) is 0 Å². The molecule has 0 saturated carbocycles. The topological polar surface area (TPSA) is 47.3 Å². The molecule has 0 amide bonds. The molecule has 4 heteroatoms. The van der Waals surface area contributed by atoms with Crippen LogP contribution in [0.1, 0.15) is 29.8 Å². The van der Waals surface area contributed by atoms with E-state index in [2.05, 4.69) is 5.10 Å². The Bertz CT molecular complexity index is 435. The fraction of sp³-hybridized carbons (Fsp3) is 0.615. The van der Waals surface area contributed by atoms with Crippen molar-refractivity contribution in [3.8, 4) is 0 Å². The third-order valence-electron chi connectivity index (χ3n) is 3.45. The maximum atomic E-state index is 10.2. The van der Waals surface area contributed by atoms with Crippen LogP contribution >= 0.6 is 0 Å². The van der Waals surface area contributed by atoms with Crippen molar-refractivity contribution in [2.24, 2.45) is 7.05 Å². The summed E-state index contributed by atoms with van der Waals surface area (Å²) in [6.45, 7) is 4.79. The molecule has 94 valence electrons. The normalized spacial score (nSPS) is 17.5. The molecule has 1 atom stereocenters. The van der Waals surface area contributed by atoms with Gasteiger partial charge in [-0.15, -0.1) is 0 Å². The molecule has 0 spiro atoms. The van der Waals surface area contributed by atoms with Crippen molar-refractivity contribution in [2.45, 2.75) is 39.2 Å². The molecular formula is C13H20N2O2. The summed E-state index contributed by atoms with van der Waals surface area (Å²) in [6, 6.07) is 0. The molecule has 1 N–H and O–H groups in total. The van der Waals surface area contributed by atoms with Crippen molar-refractivity contribution >= 4 is 0 Å². The number of nitrogens with zero attached hydrogens (tertiary/aromatic N) is 2. The van der Waals surface area contributed by atoms with Crippen molar-refractivity contribution in [1.29, 1.82) is 0 Å². The summed E-state index contributed by atoms with van der Waals surface area (Å²) in [5.74, 6) is 0. The van der Waals surface area contributed by atoms with Crippen LogP contribution in [0.25, 0.3) is 0 Å². The molecule has 1 aliphatic rings. The van der Waals surface area contributed by atoms with Crippen LogP contribution in [0.2, 0.25) is 0 Å². The minimum atomic E-state index is -0.447. The highest BCUT2D eigenvalue weighted by atomic mass is 16.5. The van der Waals surface area contributed by atoms with Crippen LogP contribution in [0.5, 0.6) is 0 Å². The maximum absolute atomic E-state index is 10.2. The SMILES string of the molecule is Cc1nn(C)c(C)c1CC(O)C1=COCCC1. The van der Waals surface area contributed by atoms with Gasteiger partial charge in [0, 0.05) is 19.2 Å². The van der Waals surface area contributed by atoms with E-state index in [9.17, 15) is 5.11 Å². The maximum Gasteiger partial charge on any atom is 0.0876 e. The lowest BCUT2D eigenvalue weighted by Gasteiger charge is -2.19. The largest absolute Gasteiger partial charge is 0.501 e. The molecule has 1 unspecified atom stereocenters. The molecule has 1 aromatic rings. The van der Waals surface area contributed by atoms with E-state index in [4.69, 9.17) is 4.74 Å². The van der Waals surface area contributed by atoms with E-state index in [1.807, 2.05) is 25.6 Å². The minimum absolute atomic E-state index is 0.447. The third-order valence-corrected chi connectivity index (χ3v) is 3.45. The monoisotopic (exact) mass is 236 g/mol. The smallest absolute Gasteiger partial charge is 0.0876 e. The Labute approximate surface area is 102 Å². The zero-order valence-electron chi connectivity index (χ0n) is 10.7. The fourth-order valence-corrected chi connectivity index (χ4v) is 2.27. The zero-order valence-corrected chi connectivity index (χ0v) is 10.7. The van der Waals surface area contributed by atoms with Crippen LogP contribution in [0.3, 0.4) is 0 Å². The molecule has 1 aliphatic heterocycles. The molecular weight excluding hydrogens is 216 g/mol. The average molecular weight is 236 g/mol. The van der Waals surface area contributed by atoms with Gasteiger partial charge in [0.05, 0.1) is 24.7 Å². The molecule has 2 rings (SSSR count). The number of hydrogen-bond acceptors (Lipinski definition) is 3. The molecule has 4 nitrogen and oxygen atoms in total. The van der Waals surface area contributed by atoms with Gasteiger partial charge in [-0.05, 0) is 37.8 Å². The van der Waals surface area contributed by atoms with Crippen molar-refractivity contribution in [2.75, 3.05) is 6.61 Å². The summed E-state index contributed by atoms with van der Waals surface area (Å²) in [5, 5.41) is 14.6. The Hall–Kier alpha value is -1.29. The van der Waals surface area contributed by atoms with Gasteiger partial charge < -0.3 is 9.84 Å². The number of aryl methyl sites for hydroxylation is 2. The van der Waals surface area contributed by atoms with E-state index in [0.717, 1.165) is 42.0 Å². The lowest BCUT2D eigenvalue weighted by atomic mass is 9.97. The van der Waals surface area contributed by atoms with E-state index >= 15 is 0 Å². The summed E-state index contributed by atoms with van der Waals surface area (Å²) in [4.78, 5) is 0. The standard InChI is InChI=1S/C13H20N2O2/c1-9-12(10(2)15(3)14-9)7-13(16)11-5-4-6-17-8-11/h8,13,16H,4-7H2,1-3H3. The highest BCUT2D eigenvalue weighted by Crippen LogP contribution is 2.21. The summed E-state index contributed by atoms with van der Waals surface area (Å²) in [7, 11) is 1.93. The Morgan fingerprint density at radius 1 is 1.53 bits per heavy atom. The van der Waals surface area contributed by atoms with Gasteiger partial charge >= 0.3 is 0 Å². The Morgan fingerprint density at radius 2 is 2.29 bits per heavy atom. The highest BCUT2D eigenvalue weighted by Gasteiger charge is 2.18. The number of aliphatic hydroxyl groups is 1. The minimum Gasteiger partial charge on any atom is -0.501 e. The second kappa shape index (κ2) is 4.92. The predicted octanol–water partition coefficient (Wildman–Crippen LogP) is 1.63. The molecule has 0 saturated heterocycles. The second-order valence-electron chi connectivity index (χ2n) is 4.66. The number of aromatic nitrogens is 2. The first-order valence-corrected chi connectivity index (χ1v) is 6.07. The Kier molecular flexibility index (Phi) is 3.52. The van der Waals surface area contributed by atoms with Gasteiger partial charge in [0.25, 0.3) is 0 Å². The van der Waals surface area contributed by atoms with Crippen molar-refractivity contribution < 1.29 is 9.84 Å². The van der Waals surface area contributed by atoms with Crippen molar-refractivity contribution in [1.82, 2.24) is 9.78 Å². The molecule has 0 bridgehead atoms. The van der Waals surface area contributed by atoms with Gasteiger partial charge in [0.15, 0.2) is 0 Å². The average Bonchev–Trinajstić information content (AvgIpc) is 2.57. The van der Waals surface area contributed by atoms with Crippen LogP contribution in [-0.4, -0.2) is 27.6 Å². The van der Waals surface area contributed by atoms with Gasteiger partial charge in [-0.2, -0.15) is 5.10 Å². The molecule has 1 aromatic heterocycles. The highest BCUT2D eigenvalue weighted by molar-refractivity contribution is 5.27. The quantitative estimate of drug-likeness (QED) is 0.867. The fourth-order valence-electron chi connectivity index (χ4n) is 2.27. The van der Waals surface area contributed by atoms with Crippen LogP contribution in [-0.2, 0) is 18.2 Å². The third kappa shape index (κ3) is 2.52. The van der Waals surface area contributed by atoms with E-state index in [-0.39, 0.29) is 0 Å². The summed E-state index contributed by atoms with van der Waals surface area (Å²) >= 11 is 0. The summed E-state index contributed by atoms with van der Waals surface area (Å²) in [6.07, 6.45) is 3.82. The molecule has 0 radical (unpaired) electrons. The van der Waals surface area contributed by atoms with E-state index in [0.29, 0.717) is 6.42 Å². The molecule has 0 fully saturated rings. The van der Waals surface area contributed by atoms with Crippen LogP contribution < -0.4 is 0 Å². The summed E-state index contributed by atoms with van der Waals surface area (Å²) < 4.78 is 7.13. The van der Waals surface area contributed by atoms with Gasteiger partial charge in [-0.1, -0.05) is 0 Å². The molecule has 0 aromatic carbocycles. The second-order valence-corrected chi connectivity index (χ2v) is 4.66. The number of hydrogen-bond donors (Lipinski definition) is 1. The van der Waals surface area contributed by atoms with Gasteiger partial charge in [0.1, 0.15) is 0 Å². The van der Waals surface area contributed by atoms with E-state index in [1.54, 1.807) is 6.26 Å². The number of rotatable bonds is 3. The number of ether oxygens (including phenoxy) is 1. The van der Waals surface area contributed by atoms with Gasteiger partial charge in [-0.25, -0.2) is 0 Å². The Balaban J connectivity index is 2.12. The first-order valence-electron chi connectivity index (χ1n) is 6.07.